The first-order valence-corrected chi connectivity index (χ1v) is 4.24. The van der Waals surface area contributed by atoms with Gasteiger partial charge in [0, 0.05) is 6.08 Å². The van der Waals surface area contributed by atoms with E-state index in [1.165, 1.54) is 6.08 Å². The maximum Gasteiger partial charge on any atom is 0.122 e. The Balaban J connectivity index is 2.85. The van der Waals surface area contributed by atoms with E-state index in [0.29, 0.717) is 0 Å². The first-order chi connectivity index (χ1) is 4.61. The largest absolute Gasteiger partial charge is 0.211 e. The number of alkyl halides is 1. The minimum absolute atomic E-state index is 0.0365. The third kappa shape index (κ3) is 1.56. The van der Waals surface area contributed by atoms with E-state index in [-0.39, 0.29) is 15.7 Å². The van der Waals surface area contributed by atoms with Crippen molar-refractivity contribution in [2.45, 2.75) is 10.8 Å². The summed E-state index contributed by atoms with van der Waals surface area (Å²) in [5.41, 5.74) is 0. The first-order valence-electron chi connectivity index (χ1n) is 2.99. The summed E-state index contributed by atoms with van der Waals surface area (Å²) in [5, 5.41) is 0. The fraction of sp³-hybridized carbons (Fsp3) is 0.429. The van der Waals surface area contributed by atoms with E-state index in [2.05, 4.69) is 0 Å². The van der Waals surface area contributed by atoms with Crippen LogP contribution in [-0.2, 0) is 0 Å². The molecule has 0 saturated carbocycles. The maximum atomic E-state index is 12.7. The summed E-state index contributed by atoms with van der Waals surface area (Å²) >= 11 is 1.96. The molecule has 3 heteroatoms. The number of hydrogen-bond acceptors (Lipinski definition) is 0. The standard InChI is InChI=1S/C7H7F2I/c1-4-2-5(8)3-6(9)7(4)10/h2-4,7H,1H3. The van der Waals surface area contributed by atoms with Gasteiger partial charge >= 0.3 is 0 Å². The summed E-state index contributed by atoms with van der Waals surface area (Å²) < 4.78 is 24.9. The van der Waals surface area contributed by atoms with Crippen molar-refractivity contribution in [3.8, 4) is 0 Å². The van der Waals surface area contributed by atoms with E-state index < -0.39 is 5.83 Å². The lowest BCUT2D eigenvalue weighted by atomic mass is 10.0. The molecule has 0 bridgehead atoms. The van der Waals surface area contributed by atoms with Crippen molar-refractivity contribution in [1.82, 2.24) is 0 Å². The molecule has 1 aliphatic carbocycles. The van der Waals surface area contributed by atoms with Crippen LogP contribution in [0.3, 0.4) is 0 Å². The molecule has 56 valence electrons. The lowest BCUT2D eigenvalue weighted by Crippen LogP contribution is -2.12. The molecule has 0 radical (unpaired) electrons. The van der Waals surface area contributed by atoms with Crippen molar-refractivity contribution >= 4 is 22.6 Å². The Morgan fingerprint density at radius 3 is 2.60 bits per heavy atom. The van der Waals surface area contributed by atoms with E-state index in [0.717, 1.165) is 6.08 Å². The Bertz CT molecular complexity index is 196. The average molecular weight is 256 g/mol. The van der Waals surface area contributed by atoms with Gasteiger partial charge in [-0.1, -0.05) is 29.5 Å². The summed E-state index contributed by atoms with van der Waals surface area (Å²) in [7, 11) is 0. The van der Waals surface area contributed by atoms with Crippen LogP contribution in [0.25, 0.3) is 0 Å². The molecule has 2 atom stereocenters. The fourth-order valence-corrected chi connectivity index (χ4v) is 1.23. The minimum atomic E-state index is -0.460. The molecule has 0 amide bonds. The van der Waals surface area contributed by atoms with E-state index in [1.54, 1.807) is 6.92 Å². The molecular formula is C7H7F2I. The highest BCUT2D eigenvalue weighted by Gasteiger charge is 2.21. The molecule has 0 aliphatic heterocycles. The van der Waals surface area contributed by atoms with Gasteiger partial charge in [0.15, 0.2) is 0 Å². The molecule has 1 aliphatic rings. The highest BCUT2D eigenvalue weighted by atomic mass is 127. The molecule has 0 aromatic heterocycles. The lowest BCUT2D eigenvalue weighted by molar-refractivity contribution is 0.527. The van der Waals surface area contributed by atoms with Gasteiger partial charge in [0.2, 0.25) is 0 Å². The Morgan fingerprint density at radius 1 is 1.50 bits per heavy atom. The van der Waals surface area contributed by atoms with Gasteiger partial charge < -0.3 is 0 Å². The number of halogens is 3. The zero-order valence-corrected chi connectivity index (χ0v) is 7.60. The maximum absolute atomic E-state index is 12.7. The van der Waals surface area contributed by atoms with Crippen LogP contribution in [0.5, 0.6) is 0 Å². The minimum Gasteiger partial charge on any atom is -0.211 e. The topological polar surface area (TPSA) is 0 Å². The van der Waals surface area contributed by atoms with Crippen molar-refractivity contribution in [1.29, 1.82) is 0 Å². The second-order valence-electron chi connectivity index (χ2n) is 2.34. The molecular weight excluding hydrogens is 249 g/mol. The van der Waals surface area contributed by atoms with Crippen LogP contribution < -0.4 is 0 Å². The zero-order valence-electron chi connectivity index (χ0n) is 5.44. The summed E-state index contributed by atoms with van der Waals surface area (Å²) in [4.78, 5) is 0. The molecule has 10 heavy (non-hydrogen) atoms. The van der Waals surface area contributed by atoms with Crippen LogP contribution >= 0.6 is 22.6 Å². The van der Waals surface area contributed by atoms with Gasteiger partial charge in [0.25, 0.3) is 0 Å². The van der Waals surface area contributed by atoms with Gasteiger partial charge in [-0.2, -0.15) is 0 Å². The van der Waals surface area contributed by atoms with Crippen molar-refractivity contribution in [3.05, 3.63) is 23.8 Å². The highest BCUT2D eigenvalue weighted by molar-refractivity contribution is 14.1. The van der Waals surface area contributed by atoms with E-state index in [1.807, 2.05) is 22.6 Å². The third-order valence-electron chi connectivity index (χ3n) is 1.42. The molecule has 0 saturated heterocycles. The molecule has 0 aromatic carbocycles. The van der Waals surface area contributed by atoms with Crippen molar-refractivity contribution in [2.75, 3.05) is 0 Å². The lowest BCUT2D eigenvalue weighted by Gasteiger charge is -2.16. The summed E-state index contributed by atoms with van der Waals surface area (Å²) in [6, 6.07) is 0. The molecule has 2 unspecified atom stereocenters. The van der Waals surface area contributed by atoms with Crippen LogP contribution in [0.1, 0.15) is 6.92 Å². The van der Waals surface area contributed by atoms with Crippen molar-refractivity contribution in [3.63, 3.8) is 0 Å². The molecule has 0 aromatic rings. The monoisotopic (exact) mass is 256 g/mol. The molecule has 0 nitrogen and oxygen atoms in total. The van der Waals surface area contributed by atoms with E-state index in [9.17, 15) is 8.78 Å². The number of hydrogen-bond donors (Lipinski definition) is 0. The van der Waals surface area contributed by atoms with Gasteiger partial charge in [0.1, 0.15) is 11.7 Å². The second kappa shape index (κ2) is 2.98. The first kappa shape index (κ1) is 8.17. The second-order valence-corrected chi connectivity index (χ2v) is 3.68. The van der Waals surface area contributed by atoms with Crippen LogP contribution in [0.4, 0.5) is 8.78 Å². The fourth-order valence-electron chi connectivity index (χ4n) is 0.846. The number of allylic oxidation sites excluding steroid dienone is 4. The van der Waals surface area contributed by atoms with Gasteiger partial charge in [-0.05, 0) is 12.0 Å². The highest BCUT2D eigenvalue weighted by Crippen LogP contribution is 2.30. The quantitative estimate of drug-likeness (QED) is 0.461. The molecule has 0 N–H and O–H groups in total. The average Bonchev–Trinajstić information content (AvgIpc) is 1.82. The smallest absolute Gasteiger partial charge is 0.122 e. The Labute approximate surface area is 72.1 Å². The molecule has 1 rings (SSSR count). The van der Waals surface area contributed by atoms with Crippen LogP contribution in [0.15, 0.2) is 23.8 Å². The molecule has 0 spiro atoms. The molecule has 0 heterocycles. The summed E-state index contributed by atoms with van der Waals surface area (Å²) in [6.07, 6.45) is 2.37. The molecule has 0 fully saturated rings. The van der Waals surface area contributed by atoms with Gasteiger partial charge in [-0.15, -0.1) is 0 Å². The Kier molecular flexibility index (Phi) is 2.44. The van der Waals surface area contributed by atoms with Gasteiger partial charge in [-0.3, -0.25) is 0 Å². The van der Waals surface area contributed by atoms with Gasteiger partial charge in [0.05, 0.1) is 3.92 Å². The van der Waals surface area contributed by atoms with Gasteiger partial charge in [-0.25, -0.2) is 8.78 Å². The predicted molar refractivity (Wildman–Crippen MR) is 45.4 cm³/mol. The Hall–Kier alpha value is 0.0700. The van der Waals surface area contributed by atoms with Crippen LogP contribution in [-0.4, -0.2) is 3.92 Å². The van der Waals surface area contributed by atoms with E-state index >= 15 is 0 Å². The Morgan fingerprint density at radius 2 is 2.10 bits per heavy atom. The van der Waals surface area contributed by atoms with E-state index in [4.69, 9.17) is 0 Å². The van der Waals surface area contributed by atoms with Crippen molar-refractivity contribution in [2.24, 2.45) is 5.92 Å². The SMILES string of the molecule is CC1C=C(F)C=C(F)C1I. The number of rotatable bonds is 0. The zero-order chi connectivity index (χ0) is 7.72. The normalized spacial score (nSPS) is 33.2. The van der Waals surface area contributed by atoms with Crippen LogP contribution in [0.2, 0.25) is 0 Å². The summed E-state index contributed by atoms with van der Waals surface area (Å²) in [5.74, 6) is -0.864. The van der Waals surface area contributed by atoms with Crippen molar-refractivity contribution < 1.29 is 8.78 Å². The third-order valence-corrected chi connectivity index (χ3v) is 3.15. The predicted octanol–water partition coefficient (Wildman–Crippen LogP) is 3.15. The van der Waals surface area contributed by atoms with Crippen LogP contribution in [0, 0.1) is 5.92 Å². The summed E-state index contributed by atoms with van der Waals surface area (Å²) in [6.45, 7) is 1.79.